The van der Waals surface area contributed by atoms with Crippen LogP contribution in [-0.2, 0) is 19.4 Å². The second-order valence-electron chi connectivity index (χ2n) is 7.08. The largest absolute Gasteiger partial charge is 0.452 e. The number of ether oxygens (including phenoxy) is 1. The van der Waals surface area contributed by atoms with Gasteiger partial charge in [-0.05, 0) is 30.0 Å². The fourth-order valence-corrected chi connectivity index (χ4v) is 3.19. The van der Waals surface area contributed by atoms with Crippen LogP contribution >= 0.6 is 11.6 Å². The Labute approximate surface area is 160 Å². The molecule has 1 rings (SSSR count). The molecule has 146 valence electrons. The lowest BCUT2D eigenvalue weighted by Gasteiger charge is -2.26. The Kier molecular flexibility index (Phi) is 8.09. The molecule has 26 heavy (non-hydrogen) atoms. The Morgan fingerprint density at radius 3 is 2.12 bits per heavy atom. The molecule has 0 saturated carbocycles. The number of esters is 1. The lowest BCUT2D eigenvalue weighted by atomic mass is 10.1. The Bertz CT molecular complexity index is 749. The standard InChI is InChI=1S/C18H26ClNO5S/c1-12(2)9-20(10-13(3)4)17(21)11-25-18(22)15-8-14(26(5,23)24)6-7-16(15)19/h6-8,12-13H,9-11H2,1-5H3. The van der Waals surface area contributed by atoms with Crippen molar-refractivity contribution in [3.05, 3.63) is 28.8 Å². The highest BCUT2D eigenvalue weighted by Gasteiger charge is 2.21. The molecule has 0 heterocycles. The van der Waals surface area contributed by atoms with Crippen molar-refractivity contribution in [1.82, 2.24) is 4.90 Å². The number of sulfone groups is 1. The molecule has 8 heteroatoms. The Balaban J connectivity index is 2.86. The molecule has 0 bridgehead atoms. The second kappa shape index (κ2) is 9.37. The van der Waals surface area contributed by atoms with Gasteiger partial charge in [0, 0.05) is 19.3 Å². The van der Waals surface area contributed by atoms with Gasteiger partial charge in [-0.3, -0.25) is 4.79 Å². The smallest absolute Gasteiger partial charge is 0.340 e. The van der Waals surface area contributed by atoms with Gasteiger partial charge in [0.15, 0.2) is 16.4 Å². The summed E-state index contributed by atoms with van der Waals surface area (Å²) in [5.41, 5.74) is -0.0818. The first-order chi connectivity index (χ1) is 11.9. The lowest BCUT2D eigenvalue weighted by Crippen LogP contribution is -2.39. The van der Waals surface area contributed by atoms with Crippen LogP contribution in [0.15, 0.2) is 23.1 Å². The molecule has 0 atom stereocenters. The molecule has 1 amide bonds. The first-order valence-corrected chi connectivity index (χ1v) is 10.6. The summed E-state index contributed by atoms with van der Waals surface area (Å²) in [6.45, 7) is 8.73. The number of hydrogen-bond donors (Lipinski definition) is 0. The fraction of sp³-hybridized carbons (Fsp3) is 0.556. The van der Waals surface area contributed by atoms with E-state index in [0.29, 0.717) is 13.1 Å². The van der Waals surface area contributed by atoms with Crippen LogP contribution < -0.4 is 0 Å². The van der Waals surface area contributed by atoms with Gasteiger partial charge < -0.3 is 9.64 Å². The van der Waals surface area contributed by atoms with E-state index in [4.69, 9.17) is 16.3 Å². The average Bonchev–Trinajstić information content (AvgIpc) is 2.50. The van der Waals surface area contributed by atoms with E-state index in [9.17, 15) is 18.0 Å². The number of carbonyl (C=O) groups is 2. The van der Waals surface area contributed by atoms with Crippen LogP contribution in [0.2, 0.25) is 5.02 Å². The maximum Gasteiger partial charge on any atom is 0.340 e. The number of carbonyl (C=O) groups excluding carboxylic acids is 2. The molecule has 0 aliphatic heterocycles. The van der Waals surface area contributed by atoms with Crippen molar-refractivity contribution in [1.29, 1.82) is 0 Å². The van der Waals surface area contributed by atoms with Gasteiger partial charge in [0.05, 0.1) is 15.5 Å². The molecule has 1 aromatic rings. The van der Waals surface area contributed by atoms with Crippen molar-refractivity contribution >= 4 is 33.3 Å². The second-order valence-corrected chi connectivity index (χ2v) is 9.50. The van der Waals surface area contributed by atoms with Crippen LogP contribution in [0, 0.1) is 11.8 Å². The number of rotatable bonds is 8. The van der Waals surface area contributed by atoms with E-state index in [-0.39, 0.29) is 33.2 Å². The predicted molar refractivity (Wildman–Crippen MR) is 101 cm³/mol. The van der Waals surface area contributed by atoms with Gasteiger partial charge in [-0.2, -0.15) is 0 Å². The van der Waals surface area contributed by atoms with Gasteiger partial charge in [0.2, 0.25) is 0 Å². The van der Waals surface area contributed by atoms with Crippen LogP contribution in [0.25, 0.3) is 0 Å². The van der Waals surface area contributed by atoms with Crippen molar-refractivity contribution in [2.45, 2.75) is 32.6 Å². The van der Waals surface area contributed by atoms with Gasteiger partial charge in [0.25, 0.3) is 5.91 Å². The van der Waals surface area contributed by atoms with E-state index in [1.54, 1.807) is 4.90 Å². The van der Waals surface area contributed by atoms with Crippen molar-refractivity contribution in [2.24, 2.45) is 11.8 Å². The van der Waals surface area contributed by atoms with Gasteiger partial charge >= 0.3 is 5.97 Å². The molecule has 0 fully saturated rings. The predicted octanol–water partition coefficient (Wildman–Crippen LogP) is 3.04. The monoisotopic (exact) mass is 403 g/mol. The molecule has 0 unspecified atom stereocenters. The molecule has 6 nitrogen and oxygen atoms in total. The van der Waals surface area contributed by atoms with Crippen LogP contribution in [0.1, 0.15) is 38.1 Å². The quantitative estimate of drug-likeness (QED) is 0.623. The summed E-state index contributed by atoms with van der Waals surface area (Å²) < 4.78 is 28.3. The number of nitrogens with zero attached hydrogens (tertiary/aromatic N) is 1. The SMILES string of the molecule is CC(C)CN(CC(C)C)C(=O)COC(=O)c1cc(S(C)(=O)=O)ccc1Cl. The maximum atomic E-state index is 12.4. The zero-order valence-corrected chi connectivity index (χ0v) is 17.4. The highest BCUT2D eigenvalue weighted by Crippen LogP contribution is 2.21. The van der Waals surface area contributed by atoms with E-state index >= 15 is 0 Å². The van der Waals surface area contributed by atoms with Crippen LogP contribution in [0.3, 0.4) is 0 Å². The third kappa shape index (κ3) is 6.96. The normalized spacial score (nSPS) is 11.7. The molecular formula is C18H26ClNO5S. The molecule has 0 aliphatic rings. The Morgan fingerprint density at radius 1 is 1.12 bits per heavy atom. The highest BCUT2D eigenvalue weighted by atomic mass is 35.5. The molecule has 0 aromatic heterocycles. The minimum atomic E-state index is -3.49. The van der Waals surface area contributed by atoms with Crippen LogP contribution in [0.4, 0.5) is 0 Å². The summed E-state index contributed by atoms with van der Waals surface area (Å²) in [6.07, 6.45) is 1.03. The van der Waals surface area contributed by atoms with Gasteiger partial charge in [0.1, 0.15) is 0 Å². The van der Waals surface area contributed by atoms with Crippen LogP contribution in [-0.4, -0.2) is 51.1 Å². The van der Waals surface area contributed by atoms with Gasteiger partial charge in [-0.1, -0.05) is 39.3 Å². The number of amides is 1. The summed E-state index contributed by atoms with van der Waals surface area (Å²) in [5, 5.41) is 0.0658. The first-order valence-electron chi connectivity index (χ1n) is 8.36. The van der Waals surface area contributed by atoms with Crippen molar-refractivity contribution < 1.29 is 22.7 Å². The lowest BCUT2D eigenvalue weighted by molar-refractivity contribution is -0.135. The molecule has 0 spiro atoms. The fourth-order valence-electron chi connectivity index (χ4n) is 2.35. The van der Waals surface area contributed by atoms with Gasteiger partial charge in [-0.25, -0.2) is 13.2 Å². The minimum Gasteiger partial charge on any atom is -0.452 e. The summed E-state index contributed by atoms with van der Waals surface area (Å²) >= 11 is 5.97. The molecule has 1 aromatic carbocycles. The molecule has 0 radical (unpaired) electrons. The number of benzene rings is 1. The summed E-state index contributed by atoms with van der Waals surface area (Å²) in [7, 11) is -3.49. The van der Waals surface area contributed by atoms with Crippen molar-refractivity contribution in [3.8, 4) is 0 Å². The number of halogens is 1. The highest BCUT2D eigenvalue weighted by molar-refractivity contribution is 7.90. The van der Waals surface area contributed by atoms with Crippen LogP contribution in [0.5, 0.6) is 0 Å². The Morgan fingerprint density at radius 2 is 1.65 bits per heavy atom. The maximum absolute atomic E-state index is 12.4. The van der Waals surface area contributed by atoms with Crippen molar-refractivity contribution in [3.63, 3.8) is 0 Å². The summed E-state index contributed by atoms with van der Waals surface area (Å²) in [4.78, 5) is 26.2. The summed E-state index contributed by atoms with van der Waals surface area (Å²) in [5.74, 6) is -0.553. The van der Waals surface area contributed by atoms with Crippen molar-refractivity contribution in [2.75, 3.05) is 26.0 Å². The third-order valence-corrected chi connectivity index (χ3v) is 4.88. The molecule has 0 N–H and O–H groups in total. The average molecular weight is 404 g/mol. The third-order valence-electron chi connectivity index (χ3n) is 3.44. The van der Waals surface area contributed by atoms with E-state index in [1.807, 2.05) is 27.7 Å². The molecule has 0 saturated heterocycles. The minimum absolute atomic E-state index is 0.0404. The van der Waals surface area contributed by atoms with E-state index in [2.05, 4.69) is 0 Å². The number of hydrogen-bond acceptors (Lipinski definition) is 5. The zero-order valence-electron chi connectivity index (χ0n) is 15.8. The first kappa shape index (κ1) is 22.4. The van der Waals surface area contributed by atoms with E-state index < -0.39 is 22.4 Å². The van der Waals surface area contributed by atoms with E-state index in [1.165, 1.54) is 12.1 Å². The summed E-state index contributed by atoms with van der Waals surface area (Å²) in [6, 6.07) is 3.79. The van der Waals surface area contributed by atoms with Gasteiger partial charge in [-0.15, -0.1) is 0 Å². The molecular weight excluding hydrogens is 378 g/mol. The Hall–Kier alpha value is -1.60. The molecule has 0 aliphatic carbocycles. The zero-order chi connectivity index (χ0) is 20.1. The topological polar surface area (TPSA) is 80.8 Å². The van der Waals surface area contributed by atoms with E-state index in [0.717, 1.165) is 12.3 Å².